The molecule has 0 atom stereocenters. The van der Waals surface area contributed by atoms with E-state index in [0.717, 1.165) is 12.1 Å². The topological polar surface area (TPSA) is 55.1 Å². The molecule has 0 aromatic heterocycles. The molecule has 0 radical (unpaired) electrons. The summed E-state index contributed by atoms with van der Waals surface area (Å²) in [7, 11) is 0. The highest BCUT2D eigenvalue weighted by Gasteiger charge is 2.13. The van der Waals surface area contributed by atoms with Crippen LogP contribution in [0.4, 0.5) is 14.5 Å². The van der Waals surface area contributed by atoms with Gasteiger partial charge in [-0.2, -0.15) is 0 Å². The van der Waals surface area contributed by atoms with Crippen LogP contribution in [0, 0.1) is 24.0 Å². The molecule has 3 nitrogen and oxygen atoms in total. The van der Waals surface area contributed by atoms with Crippen LogP contribution < -0.4 is 11.1 Å². The van der Waals surface area contributed by atoms with Crippen molar-refractivity contribution >= 4 is 11.6 Å². The number of carbonyl (C=O) groups is 1. The second-order valence-corrected chi connectivity index (χ2v) is 2.74. The molecule has 78 valence electrons. The molecule has 0 saturated heterocycles. The second-order valence-electron chi connectivity index (χ2n) is 2.74. The summed E-state index contributed by atoms with van der Waals surface area (Å²) in [6.07, 6.45) is 4.92. The maximum atomic E-state index is 12.8. The summed E-state index contributed by atoms with van der Waals surface area (Å²) in [5.74, 6) is -0.687. The lowest BCUT2D eigenvalue weighted by Crippen LogP contribution is -2.24. The van der Waals surface area contributed by atoms with E-state index in [9.17, 15) is 13.6 Å². The molecule has 0 spiro atoms. The predicted molar refractivity (Wildman–Crippen MR) is 51.9 cm³/mol. The van der Waals surface area contributed by atoms with Gasteiger partial charge in [0.1, 0.15) is 0 Å². The standard InChI is InChI=1S/C10H8F2N2O/c1-2-3-14-10(15)6-4-7(11)8(12)5-9(6)13/h1,4-5H,3,13H2,(H,14,15). The largest absolute Gasteiger partial charge is 0.398 e. The fraction of sp³-hybridized carbons (Fsp3) is 0.100. The highest BCUT2D eigenvalue weighted by atomic mass is 19.2. The smallest absolute Gasteiger partial charge is 0.254 e. The monoisotopic (exact) mass is 210 g/mol. The van der Waals surface area contributed by atoms with Gasteiger partial charge < -0.3 is 11.1 Å². The summed E-state index contributed by atoms with van der Waals surface area (Å²) in [6, 6.07) is 1.48. The number of benzene rings is 1. The van der Waals surface area contributed by atoms with Crippen LogP contribution >= 0.6 is 0 Å². The molecular formula is C10H8F2N2O. The van der Waals surface area contributed by atoms with E-state index >= 15 is 0 Å². The zero-order valence-electron chi connectivity index (χ0n) is 7.68. The predicted octanol–water partition coefficient (Wildman–Crippen LogP) is 0.910. The van der Waals surface area contributed by atoms with Gasteiger partial charge in [-0.05, 0) is 6.07 Å². The molecule has 0 saturated carbocycles. The van der Waals surface area contributed by atoms with Crippen molar-refractivity contribution in [2.45, 2.75) is 0 Å². The van der Waals surface area contributed by atoms with E-state index in [0.29, 0.717) is 0 Å². The van der Waals surface area contributed by atoms with Gasteiger partial charge in [-0.3, -0.25) is 4.79 Å². The zero-order chi connectivity index (χ0) is 11.4. The first-order valence-corrected chi connectivity index (χ1v) is 4.02. The van der Waals surface area contributed by atoms with Gasteiger partial charge in [0.25, 0.3) is 5.91 Å². The lowest BCUT2D eigenvalue weighted by molar-refractivity contribution is 0.0959. The molecule has 3 N–H and O–H groups in total. The van der Waals surface area contributed by atoms with Gasteiger partial charge in [-0.1, -0.05) is 5.92 Å². The summed E-state index contributed by atoms with van der Waals surface area (Å²) >= 11 is 0. The molecule has 1 aromatic rings. The van der Waals surface area contributed by atoms with Crippen molar-refractivity contribution in [3.05, 3.63) is 29.3 Å². The summed E-state index contributed by atoms with van der Waals surface area (Å²) in [5, 5.41) is 2.29. The molecule has 0 aliphatic rings. The van der Waals surface area contributed by atoms with Crippen LogP contribution in [-0.4, -0.2) is 12.5 Å². The van der Waals surface area contributed by atoms with Crippen LogP contribution in [0.25, 0.3) is 0 Å². The molecule has 1 rings (SSSR count). The Morgan fingerprint density at radius 1 is 1.47 bits per heavy atom. The molecule has 15 heavy (non-hydrogen) atoms. The van der Waals surface area contributed by atoms with Crippen molar-refractivity contribution in [3.8, 4) is 12.3 Å². The van der Waals surface area contributed by atoms with Crippen molar-refractivity contribution in [2.75, 3.05) is 12.3 Å². The lowest BCUT2D eigenvalue weighted by atomic mass is 10.1. The first-order chi connectivity index (χ1) is 7.06. The number of carbonyl (C=O) groups excluding carboxylic acids is 1. The molecule has 1 amide bonds. The summed E-state index contributed by atoms with van der Waals surface area (Å²) < 4.78 is 25.4. The number of amides is 1. The number of terminal acetylenes is 1. The number of anilines is 1. The molecular weight excluding hydrogens is 202 g/mol. The summed E-state index contributed by atoms with van der Waals surface area (Å²) in [6.45, 7) is -0.00271. The van der Waals surface area contributed by atoms with Gasteiger partial charge in [0.05, 0.1) is 12.1 Å². The van der Waals surface area contributed by atoms with E-state index in [1.54, 1.807) is 0 Å². The third kappa shape index (κ3) is 2.44. The maximum Gasteiger partial charge on any atom is 0.254 e. The van der Waals surface area contributed by atoms with Crippen molar-refractivity contribution in [2.24, 2.45) is 0 Å². The van der Waals surface area contributed by atoms with Crippen LogP contribution in [0.5, 0.6) is 0 Å². The minimum Gasteiger partial charge on any atom is -0.398 e. The molecule has 1 aromatic carbocycles. The molecule has 0 heterocycles. The highest BCUT2D eigenvalue weighted by molar-refractivity contribution is 5.99. The Balaban J connectivity index is 3.00. The van der Waals surface area contributed by atoms with E-state index < -0.39 is 17.5 Å². The van der Waals surface area contributed by atoms with Crippen molar-refractivity contribution in [1.82, 2.24) is 5.32 Å². The second kappa shape index (κ2) is 4.42. The summed E-state index contributed by atoms with van der Waals surface area (Å²) in [5.41, 5.74) is 5.07. The Bertz CT molecular complexity index is 438. The van der Waals surface area contributed by atoms with Crippen LogP contribution in [-0.2, 0) is 0 Å². The quantitative estimate of drug-likeness (QED) is 0.563. The Morgan fingerprint density at radius 2 is 2.07 bits per heavy atom. The van der Waals surface area contributed by atoms with Gasteiger partial charge >= 0.3 is 0 Å². The highest BCUT2D eigenvalue weighted by Crippen LogP contribution is 2.16. The van der Waals surface area contributed by atoms with E-state index in [4.69, 9.17) is 12.2 Å². The van der Waals surface area contributed by atoms with Crippen molar-refractivity contribution in [3.63, 3.8) is 0 Å². The van der Waals surface area contributed by atoms with Crippen LogP contribution in [0.15, 0.2) is 12.1 Å². The first-order valence-electron chi connectivity index (χ1n) is 4.02. The van der Waals surface area contributed by atoms with Crippen molar-refractivity contribution < 1.29 is 13.6 Å². The number of nitrogen functional groups attached to an aromatic ring is 1. The lowest BCUT2D eigenvalue weighted by Gasteiger charge is -2.05. The SMILES string of the molecule is C#CCNC(=O)c1cc(F)c(F)cc1N. The minimum atomic E-state index is -1.13. The fourth-order valence-electron chi connectivity index (χ4n) is 0.985. The third-order valence-corrected chi connectivity index (χ3v) is 1.69. The minimum absolute atomic E-state index is 0.00271. The van der Waals surface area contributed by atoms with E-state index in [-0.39, 0.29) is 17.8 Å². The zero-order valence-corrected chi connectivity index (χ0v) is 7.68. The van der Waals surface area contributed by atoms with Gasteiger partial charge in [-0.15, -0.1) is 6.42 Å². The number of nitrogens with two attached hydrogens (primary N) is 1. The average molecular weight is 210 g/mol. The van der Waals surface area contributed by atoms with E-state index in [1.807, 2.05) is 0 Å². The molecule has 0 aliphatic carbocycles. The van der Waals surface area contributed by atoms with Gasteiger partial charge in [-0.25, -0.2) is 8.78 Å². The third-order valence-electron chi connectivity index (χ3n) is 1.69. The number of halogens is 2. The molecule has 5 heteroatoms. The van der Waals surface area contributed by atoms with Crippen LogP contribution in [0.1, 0.15) is 10.4 Å². The molecule has 0 aliphatic heterocycles. The van der Waals surface area contributed by atoms with Crippen molar-refractivity contribution in [1.29, 1.82) is 0 Å². The first kappa shape index (κ1) is 11.0. The Labute approximate surface area is 85.3 Å². The summed E-state index contributed by atoms with van der Waals surface area (Å²) in [4.78, 5) is 11.3. The van der Waals surface area contributed by atoms with Crippen LogP contribution in [0.3, 0.4) is 0 Å². The number of rotatable bonds is 2. The Hall–Kier alpha value is -2.09. The van der Waals surface area contributed by atoms with Gasteiger partial charge in [0.15, 0.2) is 11.6 Å². The van der Waals surface area contributed by atoms with Crippen LogP contribution in [0.2, 0.25) is 0 Å². The molecule has 0 bridgehead atoms. The van der Waals surface area contributed by atoms with Gasteiger partial charge in [0, 0.05) is 11.8 Å². The normalized spacial score (nSPS) is 9.40. The fourth-order valence-corrected chi connectivity index (χ4v) is 0.985. The molecule has 0 unspecified atom stereocenters. The van der Waals surface area contributed by atoms with Gasteiger partial charge in [0.2, 0.25) is 0 Å². The Morgan fingerprint density at radius 3 is 2.67 bits per heavy atom. The number of hydrogen-bond donors (Lipinski definition) is 2. The maximum absolute atomic E-state index is 12.8. The Kier molecular flexibility index (Phi) is 3.24. The van der Waals surface area contributed by atoms with E-state index in [2.05, 4.69) is 11.2 Å². The number of hydrogen-bond acceptors (Lipinski definition) is 2. The average Bonchev–Trinajstić information content (AvgIpc) is 2.20. The number of nitrogens with one attached hydrogen (secondary N) is 1. The van der Waals surface area contributed by atoms with E-state index in [1.165, 1.54) is 0 Å². The molecule has 0 fully saturated rings.